The molecule has 0 saturated carbocycles. The molecule has 6 heteroatoms. The summed E-state index contributed by atoms with van der Waals surface area (Å²) in [6, 6.07) is 0. The molecule has 0 saturated heterocycles. The monoisotopic (exact) mass is 286 g/mol. The van der Waals surface area contributed by atoms with Crippen LogP contribution >= 0.6 is 0 Å². The Morgan fingerprint density at radius 3 is 2.25 bits per heavy atom. The lowest BCUT2D eigenvalue weighted by Crippen LogP contribution is -2.40. The Morgan fingerprint density at radius 2 is 1.75 bits per heavy atom. The van der Waals surface area contributed by atoms with Crippen molar-refractivity contribution in [2.24, 2.45) is 10.9 Å². The molecule has 0 aromatic carbocycles. The highest BCUT2D eigenvalue weighted by Gasteiger charge is 2.15. The SMILES string of the molecule is CN=C(NCCCNC(=O)OC(C)(C)C)NCC(C)C. The molecule has 0 aliphatic carbocycles. The number of aliphatic imine (C=N–C) groups is 1. The molecule has 6 nitrogen and oxygen atoms in total. The maximum atomic E-state index is 11.4. The van der Waals surface area contributed by atoms with Crippen molar-refractivity contribution in [1.82, 2.24) is 16.0 Å². The first-order valence-corrected chi connectivity index (χ1v) is 7.16. The summed E-state index contributed by atoms with van der Waals surface area (Å²) in [6.07, 6.45) is 0.432. The maximum absolute atomic E-state index is 11.4. The molecular weight excluding hydrogens is 256 g/mol. The van der Waals surface area contributed by atoms with Gasteiger partial charge in [-0.05, 0) is 33.1 Å². The molecule has 0 bridgehead atoms. The van der Waals surface area contributed by atoms with Gasteiger partial charge in [0.15, 0.2) is 5.96 Å². The third-order valence-corrected chi connectivity index (χ3v) is 2.22. The summed E-state index contributed by atoms with van der Waals surface area (Å²) >= 11 is 0. The van der Waals surface area contributed by atoms with Gasteiger partial charge in [0, 0.05) is 26.7 Å². The number of nitrogens with one attached hydrogen (secondary N) is 3. The van der Waals surface area contributed by atoms with Crippen LogP contribution < -0.4 is 16.0 Å². The van der Waals surface area contributed by atoms with E-state index in [2.05, 4.69) is 34.8 Å². The number of carbonyl (C=O) groups is 1. The number of carbonyl (C=O) groups excluding carboxylic acids is 1. The van der Waals surface area contributed by atoms with E-state index in [9.17, 15) is 4.79 Å². The molecule has 0 fully saturated rings. The summed E-state index contributed by atoms with van der Waals surface area (Å²) in [5.74, 6) is 1.36. The van der Waals surface area contributed by atoms with Gasteiger partial charge in [-0.25, -0.2) is 4.79 Å². The first kappa shape index (κ1) is 18.5. The van der Waals surface area contributed by atoms with Gasteiger partial charge >= 0.3 is 6.09 Å². The van der Waals surface area contributed by atoms with Gasteiger partial charge in [-0.3, -0.25) is 4.99 Å². The molecule has 20 heavy (non-hydrogen) atoms. The van der Waals surface area contributed by atoms with Gasteiger partial charge in [-0.15, -0.1) is 0 Å². The minimum Gasteiger partial charge on any atom is -0.444 e. The van der Waals surface area contributed by atoms with Crippen molar-refractivity contribution in [2.75, 3.05) is 26.7 Å². The Hall–Kier alpha value is -1.46. The van der Waals surface area contributed by atoms with Gasteiger partial charge in [0.2, 0.25) is 0 Å². The lowest BCUT2D eigenvalue weighted by Gasteiger charge is -2.19. The minimum absolute atomic E-state index is 0.375. The number of nitrogens with zero attached hydrogens (tertiary/aromatic N) is 1. The lowest BCUT2D eigenvalue weighted by molar-refractivity contribution is 0.0527. The van der Waals surface area contributed by atoms with Crippen LogP contribution in [0.15, 0.2) is 4.99 Å². The van der Waals surface area contributed by atoms with Crippen molar-refractivity contribution in [2.45, 2.75) is 46.6 Å². The molecule has 0 aliphatic rings. The van der Waals surface area contributed by atoms with Crippen LogP contribution in [0.4, 0.5) is 4.79 Å². The fourth-order valence-corrected chi connectivity index (χ4v) is 1.32. The Balaban J connectivity index is 3.67. The third-order valence-electron chi connectivity index (χ3n) is 2.22. The Bertz CT molecular complexity index is 309. The zero-order chi connectivity index (χ0) is 15.6. The highest BCUT2D eigenvalue weighted by molar-refractivity contribution is 5.79. The van der Waals surface area contributed by atoms with Gasteiger partial charge in [0.25, 0.3) is 0 Å². The summed E-state index contributed by atoms with van der Waals surface area (Å²) in [5, 5.41) is 9.14. The summed E-state index contributed by atoms with van der Waals surface area (Å²) in [7, 11) is 1.74. The maximum Gasteiger partial charge on any atom is 0.407 e. The molecule has 118 valence electrons. The molecule has 3 N–H and O–H groups in total. The molecule has 1 amide bonds. The quantitative estimate of drug-likeness (QED) is 0.395. The lowest BCUT2D eigenvalue weighted by atomic mass is 10.2. The van der Waals surface area contributed by atoms with Crippen LogP contribution in [0.1, 0.15) is 41.0 Å². The average molecular weight is 286 g/mol. The standard InChI is InChI=1S/C14H30N4O2/c1-11(2)10-18-12(15-6)16-8-7-9-17-13(19)20-14(3,4)5/h11H,7-10H2,1-6H3,(H,17,19)(H2,15,16,18). The fraction of sp³-hybridized carbons (Fsp3) is 0.857. The van der Waals surface area contributed by atoms with E-state index in [1.165, 1.54) is 0 Å². The average Bonchev–Trinajstić information content (AvgIpc) is 2.30. The largest absolute Gasteiger partial charge is 0.444 e. The van der Waals surface area contributed by atoms with E-state index in [4.69, 9.17) is 4.74 Å². The highest BCUT2D eigenvalue weighted by Crippen LogP contribution is 2.06. The van der Waals surface area contributed by atoms with Crippen molar-refractivity contribution in [3.8, 4) is 0 Å². The van der Waals surface area contributed by atoms with Crippen LogP contribution in [-0.4, -0.2) is 44.3 Å². The van der Waals surface area contributed by atoms with E-state index in [1.54, 1.807) is 7.05 Å². The molecule has 0 spiro atoms. The molecule has 0 radical (unpaired) electrons. The van der Waals surface area contributed by atoms with E-state index in [0.29, 0.717) is 12.5 Å². The second kappa shape index (κ2) is 9.44. The third kappa shape index (κ3) is 11.6. The molecule has 0 aliphatic heterocycles. The first-order chi connectivity index (χ1) is 9.24. The van der Waals surface area contributed by atoms with Gasteiger partial charge in [0.1, 0.15) is 5.60 Å². The van der Waals surface area contributed by atoms with E-state index in [0.717, 1.165) is 25.5 Å². The van der Waals surface area contributed by atoms with Gasteiger partial charge in [0.05, 0.1) is 0 Å². The normalized spacial score (nSPS) is 12.2. The predicted molar refractivity (Wildman–Crippen MR) is 83.1 cm³/mol. The molecule has 0 atom stereocenters. The van der Waals surface area contributed by atoms with Gasteiger partial charge < -0.3 is 20.7 Å². The number of ether oxygens (including phenoxy) is 1. The van der Waals surface area contributed by atoms with Crippen LogP contribution in [0.25, 0.3) is 0 Å². The molecule has 0 aromatic rings. The molecule has 0 rings (SSSR count). The fourth-order valence-electron chi connectivity index (χ4n) is 1.32. The molecular formula is C14H30N4O2. The molecule has 0 unspecified atom stereocenters. The van der Waals surface area contributed by atoms with Crippen LogP contribution in [0, 0.1) is 5.92 Å². The number of rotatable bonds is 6. The van der Waals surface area contributed by atoms with Gasteiger partial charge in [-0.2, -0.15) is 0 Å². The summed E-state index contributed by atoms with van der Waals surface area (Å²) in [4.78, 5) is 15.5. The summed E-state index contributed by atoms with van der Waals surface area (Å²) in [5.41, 5.74) is -0.453. The Morgan fingerprint density at radius 1 is 1.15 bits per heavy atom. The topological polar surface area (TPSA) is 74.8 Å². The number of hydrogen-bond acceptors (Lipinski definition) is 3. The molecule has 0 aromatic heterocycles. The van der Waals surface area contributed by atoms with Crippen molar-refractivity contribution < 1.29 is 9.53 Å². The number of alkyl carbamates (subject to hydrolysis) is 1. The van der Waals surface area contributed by atoms with E-state index in [-0.39, 0.29) is 6.09 Å². The van der Waals surface area contributed by atoms with Crippen molar-refractivity contribution in [3.63, 3.8) is 0 Å². The Kier molecular flexibility index (Phi) is 8.76. The van der Waals surface area contributed by atoms with Gasteiger partial charge in [-0.1, -0.05) is 13.8 Å². The highest BCUT2D eigenvalue weighted by atomic mass is 16.6. The number of guanidine groups is 1. The Labute approximate surface area is 122 Å². The van der Waals surface area contributed by atoms with Crippen molar-refractivity contribution in [3.05, 3.63) is 0 Å². The first-order valence-electron chi connectivity index (χ1n) is 7.16. The predicted octanol–water partition coefficient (Wildman–Crippen LogP) is 1.72. The van der Waals surface area contributed by atoms with Crippen LogP contribution in [0.3, 0.4) is 0 Å². The van der Waals surface area contributed by atoms with Crippen LogP contribution in [0.2, 0.25) is 0 Å². The van der Waals surface area contributed by atoms with E-state index >= 15 is 0 Å². The second-order valence-corrected chi connectivity index (χ2v) is 6.06. The zero-order valence-electron chi connectivity index (χ0n) is 13.7. The van der Waals surface area contributed by atoms with E-state index < -0.39 is 5.60 Å². The van der Waals surface area contributed by atoms with E-state index in [1.807, 2.05) is 20.8 Å². The summed E-state index contributed by atoms with van der Waals surface area (Å²) in [6.45, 7) is 12.0. The van der Waals surface area contributed by atoms with Crippen LogP contribution in [0.5, 0.6) is 0 Å². The minimum atomic E-state index is -0.453. The number of hydrogen-bond donors (Lipinski definition) is 3. The van der Waals surface area contributed by atoms with Crippen molar-refractivity contribution in [1.29, 1.82) is 0 Å². The zero-order valence-corrected chi connectivity index (χ0v) is 13.7. The second-order valence-electron chi connectivity index (χ2n) is 6.06. The molecule has 0 heterocycles. The smallest absolute Gasteiger partial charge is 0.407 e. The van der Waals surface area contributed by atoms with Crippen molar-refractivity contribution >= 4 is 12.1 Å². The van der Waals surface area contributed by atoms with Crippen LogP contribution in [-0.2, 0) is 4.74 Å². The number of amides is 1. The summed E-state index contributed by atoms with van der Waals surface area (Å²) < 4.78 is 5.14.